The van der Waals surface area contributed by atoms with E-state index in [1.54, 1.807) is 11.3 Å². The largest absolute Gasteiger partial charge is 0.340 e. The maximum absolute atomic E-state index is 12.9. The van der Waals surface area contributed by atoms with Crippen LogP contribution < -0.4 is 0 Å². The van der Waals surface area contributed by atoms with Crippen LogP contribution in [0.25, 0.3) is 11.0 Å². The van der Waals surface area contributed by atoms with E-state index in [1.807, 2.05) is 36.9 Å². The Morgan fingerprint density at radius 1 is 1.21 bits per heavy atom. The quantitative estimate of drug-likeness (QED) is 0.626. The number of nitrogens with zero attached hydrogens (tertiary/aromatic N) is 2. The van der Waals surface area contributed by atoms with Crippen molar-refractivity contribution in [3.8, 4) is 0 Å². The van der Waals surface area contributed by atoms with E-state index in [-0.39, 0.29) is 30.6 Å². The minimum Gasteiger partial charge on any atom is -0.340 e. The summed E-state index contributed by atoms with van der Waals surface area (Å²) in [5.74, 6) is 0.948. The maximum atomic E-state index is 12.9. The fourth-order valence-electron chi connectivity index (χ4n) is 4.06. The predicted octanol–water partition coefficient (Wildman–Crippen LogP) is 4.88. The minimum absolute atomic E-state index is 0.0274. The molecule has 1 fully saturated rings. The molecule has 0 bridgehead atoms. The number of Topliss-reactive ketones (excluding diaryl/α,β-unsaturated/α-hetero) is 1. The van der Waals surface area contributed by atoms with Crippen molar-refractivity contribution >= 4 is 34.1 Å². The first-order valence-corrected chi connectivity index (χ1v) is 10.6. The van der Waals surface area contributed by atoms with Crippen molar-refractivity contribution in [1.29, 1.82) is 0 Å². The number of carbonyl (C=O) groups excluding carboxylic acids is 2. The van der Waals surface area contributed by atoms with Gasteiger partial charge in [0.2, 0.25) is 5.91 Å². The molecule has 1 aromatic carbocycles. The van der Waals surface area contributed by atoms with Crippen LogP contribution in [-0.4, -0.2) is 33.1 Å². The lowest BCUT2D eigenvalue weighted by Gasteiger charge is -2.23. The van der Waals surface area contributed by atoms with Gasteiger partial charge < -0.3 is 9.88 Å². The molecular weight excluding hydrogens is 370 g/mol. The number of aromatic amines is 1. The molecule has 1 aliphatic rings. The zero-order chi connectivity index (χ0) is 19.8. The highest BCUT2D eigenvalue weighted by atomic mass is 32.1. The number of ketones is 1. The number of amides is 1. The molecule has 1 amide bonds. The van der Waals surface area contributed by atoms with Gasteiger partial charge in [-0.05, 0) is 57.4 Å². The second kappa shape index (κ2) is 7.51. The van der Waals surface area contributed by atoms with E-state index < -0.39 is 0 Å². The molecular formula is C22H25N3O2S. The summed E-state index contributed by atoms with van der Waals surface area (Å²) in [6.45, 7) is 6.75. The third-order valence-corrected chi connectivity index (χ3v) is 6.42. The Morgan fingerprint density at radius 2 is 2.04 bits per heavy atom. The van der Waals surface area contributed by atoms with Gasteiger partial charge in [-0.1, -0.05) is 6.07 Å². The van der Waals surface area contributed by atoms with Gasteiger partial charge in [0.15, 0.2) is 5.78 Å². The van der Waals surface area contributed by atoms with Crippen LogP contribution in [-0.2, 0) is 4.79 Å². The van der Waals surface area contributed by atoms with Crippen LogP contribution in [0.15, 0.2) is 24.3 Å². The van der Waals surface area contributed by atoms with Crippen LogP contribution in [0, 0.1) is 20.8 Å². The van der Waals surface area contributed by atoms with Crippen molar-refractivity contribution in [1.82, 2.24) is 14.9 Å². The molecule has 1 aliphatic heterocycles. The number of thiophene rings is 1. The summed E-state index contributed by atoms with van der Waals surface area (Å²) in [5.41, 5.74) is 3.88. The first kappa shape index (κ1) is 18.9. The summed E-state index contributed by atoms with van der Waals surface area (Å²) in [6.07, 6.45) is 2.38. The van der Waals surface area contributed by atoms with Crippen LogP contribution in [0.4, 0.5) is 0 Å². The molecule has 0 spiro atoms. The standard InChI is InChI=1S/C22H25N3O2S/c1-13-6-7-17-18(11-13)24-22(23-17)19-5-4-10-25(19)21(27)9-8-20(26)16-12-14(2)28-15(16)3/h6-7,11-12,19H,4-5,8-10H2,1-3H3,(H,23,24)/t19-/m0/s1. The number of hydrogen-bond acceptors (Lipinski definition) is 4. The van der Waals surface area contributed by atoms with Gasteiger partial charge in [-0.2, -0.15) is 0 Å². The summed E-state index contributed by atoms with van der Waals surface area (Å²) < 4.78 is 0. The molecule has 146 valence electrons. The van der Waals surface area contributed by atoms with Crippen LogP contribution in [0.1, 0.15) is 63.2 Å². The second-order valence-electron chi connectivity index (χ2n) is 7.64. The van der Waals surface area contributed by atoms with Crippen molar-refractivity contribution in [3.05, 3.63) is 51.0 Å². The van der Waals surface area contributed by atoms with E-state index in [4.69, 9.17) is 4.98 Å². The molecule has 0 saturated carbocycles. The third kappa shape index (κ3) is 3.61. The monoisotopic (exact) mass is 395 g/mol. The second-order valence-corrected chi connectivity index (χ2v) is 9.10. The van der Waals surface area contributed by atoms with Crippen LogP contribution in [0.5, 0.6) is 0 Å². The van der Waals surface area contributed by atoms with Gasteiger partial charge in [0.1, 0.15) is 5.82 Å². The third-order valence-electron chi connectivity index (χ3n) is 5.45. The Morgan fingerprint density at radius 3 is 2.79 bits per heavy atom. The van der Waals surface area contributed by atoms with E-state index >= 15 is 0 Å². The van der Waals surface area contributed by atoms with Gasteiger partial charge in [-0.3, -0.25) is 9.59 Å². The van der Waals surface area contributed by atoms with E-state index in [2.05, 4.69) is 18.0 Å². The lowest BCUT2D eigenvalue weighted by Crippen LogP contribution is -2.31. The number of benzene rings is 1. The van der Waals surface area contributed by atoms with Crippen molar-refractivity contribution in [2.24, 2.45) is 0 Å². The number of imidazole rings is 1. The van der Waals surface area contributed by atoms with Crippen LogP contribution in [0.3, 0.4) is 0 Å². The molecule has 6 heteroatoms. The number of likely N-dealkylation sites (tertiary alicyclic amines) is 1. The predicted molar refractivity (Wildman–Crippen MR) is 112 cm³/mol. The lowest BCUT2D eigenvalue weighted by atomic mass is 10.1. The Bertz CT molecular complexity index is 1050. The zero-order valence-corrected chi connectivity index (χ0v) is 17.4. The molecule has 1 saturated heterocycles. The first-order valence-electron chi connectivity index (χ1n) is 9.78. The number of H-pyrrole nitrogens is 1. The molecule has 0 radical (unpaired) electrons. The van der Waals surface area contributed by atoms with Crippen LogP contribution >= 0.6 is 11.3 Å². The summed E-state index contributed by atoms with van der Waals surface area (Å²) in [7, 11) is 0. The molecule has 0 unspecified atom stereocenters. The Hall–Kier alpha value is -2.47. The highest BCUT2D eigenvalue weighted by molar-refractivity contribution is 7.12. The van der Waals surface area contributed by atoms with Crippen molar-refractivity contribution in [2.75, 3.05) is 6.54 Å². The van der Waals surface area contributed by atoms with Gasteiger partial charge in [-0.25, -0.2) is 4.98 Å². The number of carbonyl (C=O) groups is 2. The molecule has 1 N–H and O–H groups in total. The van der Waals surface area contributed by atoms with E-state index in [9.17, 15) is 9.59 Å². The maximum Gasteiger partial charge on any atom is 0.223 e. The number of aromatic nitrogens is 2. The molecule has 2 aromatic heterocycles. The average Bonchev–Trinajstić information content (AvgIpc) is 3.36. The number of aryl methyl sites for hydroxylation is 3. The van der Waals surface area contributed by atoms with Gasteiger partial charge in [-0.15, -0.1) is 11.3 Å². The van der Waals surface area contributed by atoms with E-state index in [0.717, 1.165) is 51.6 Å². The van der Waals surface area contributed by atoms with Crippen molar-refractivity contribution in [2.45, 2.75) is 52.5 Å². The number of hydrogen-bond donors (Lipinski definition) is 1. The SMILES string of the molecule is Cc1ccc2nc([C@@H]3CCCN3C(=O)CCC(=O)c3cc(C)sc3C)[nH]c2c1. The van der Waals surface area contributed by atoms with Crippen molar-refractivity contribution < 1.29 is 9.59 Å². The number of nitrogens with one attached hydrogen (secondary N) is 1. The average molecular weight is 396 g/mol. The smallest absolute Gasteiger partial charge is 0.223 e. The van der Waals surface area contributed by atoms with Gasteiger partial charge >= 0.3 is 0 Å². The van der Waals surface area contributed by atoms with Gasteiger partial charge in [0.05, 0.1) is 17.1 Å². The van der Waals surface area contributed by atoms with E-state index in [0.29, 0.717) is 0 Å². The molecule has 3 aromatic rings. The Labute approximate surface area is 168 Å². The zero-order valence-electron chi connectivity index (χ0n) is 16.5. The number of fused-ring (bicyclic) bond motifs is 1. The molecule has 0 aliphatic carbocycles. The fraction of sp³-hybridized carbons (Fsp3) is 0.409. The molecule has 3 heterocycles. The molecule has 5 nitrogen and oxygen atoms in total. The lowest BCUT2D eigenvalue weighted by molar-refractivity contribution is -0.132. The van der Waals surface area contributed by atoms with Crippen LogP contribution in [0.2, 0.25) is 0 Å². The molecule has 4 rings (SSSR count). The van der Waals surface area contributed by atoms with Gasteiger partial charge in [0, 0.05) is 34.7 Å². The first-order chi connectivity index (χ1) is 13.4. The normalized spacial score (nSPS) is 16.8. The highest BCUT2D eigenvalue weighted by Gasteiger charge is 2.32. The Kier molecular flexibility index (Phi) is 5.06. The Balaban J connectivity index is 1.45. The molecule has 1 atom stereocenters. The van der Waals surface area contributed by atoms with E-state index in [1.165, 1.54) is 5.56 Å². The summed E-state index contributed by atoms with van der Waals surface area (Å²) in [5, 5.41) is 0. The van der Waals surface area contributed by atoms with Crippen molar-refractivity contribution in [3.63, 3.8) is 0 Å². The minimum atomic E-state index is -0.0274. The molecule has 28 heavy (non-hydrogen) atoms. The summed E-state index contributed by atoms with van der Waals surface area (Å²) in [6, 6.07) is 8.04. The van der Waals surface area contributed by atoms with Gasteiger partial charge in [0.25, 0.3) is 0 Å². The summed E-state index contributed by atoms with van der Waals surface area (Å²) >= 11 is 1.63. The topological polar surface area (TPSA) is 66.1 Å². The highest BCUT2D eigenvalue weighted by Crippen LogP contribution is 2.32. The number of rotatable bonds is 5. The fourth-order valence-corrected chi connectivity index (χ4v) is 5.00. The summed E-state index contributed by atoms with van der Waals surface area (Å²) in [4.78, 5) is 37.5.